The van der Waals surface area contributed by atoms with Gasteiger partial charge < -0.3 is 0 Å². The van der Waals surface area contributed by atoms with E-state index < -0.39 is 15.7 Å². The van der Waals surface area contributed by atoms with Crippen LogP contribution in [0.1, 0.15) is 0 Å². The molecule has 0 N–H and O–H groups in total. The van der Waals surface area contributed by atoms with Gasteiger partial charge in [-0.15, -0.1) is 24.0 Å². The van der Waals surface area contributed by atoms with E-state index in [-0.39, 0.29) is 24.0 Å². The molecule has 0 unspecified atom stereocenters. The third-order valence-corrected chi connectivity index (χ3v) is 0. The van der Waals surface area contributed by atoms with E-state index in [4.69, 9.17) is 0 Å². The summed E-state index contributed by atoms with van der Waals surface area (Å²) in [6.45, 7) is 0. The van der Waals surface area contributed by atoms with Crippen LogP contribution in [0.2, 0.25) is 0 Å². The Labute approximate surface area is 56.1 Å². The fraction of sp³-hybridized carbons (Fsp3) is 0. The molecule has 0 aromatic carbocycles. The van der Waals surface area contributed by atoms with E-state index in [9.17, 15) is 3.32 Å². The summed E-state index contributed by atoms with van der Waals surface area (Å²) in [7, 11) is 0. The van der Waals surface area contributed by atoms with Crippen molar-refractivity contribution >= 4 is 37.6 Å². The van der Waals surface area contributed by atoms with Crippen molar-refractivity contribution in [3.05, 3.63) is 0 Å². The van der Waals surface area contributed by atoms with Gasteiger partial charge in [0.1, 0.15) is 0 Å². The predicted molar refractivity (Wildman–Crippen MR) is 25.4 cm³/mol. The van der Waals surface area contributed by atoms with Gasteiger partial charge in [0.25, 0.3) is 0 Å². The first kappa shape index (κ1) is 9.23. The number of hydrogen-bond acceptors (Lipinski definition) is 0. The Kier molecular flexibility index (Phi) is 20.4. The molecule has 0 fully saturated rings. The Morgan fingerprint density at radius 2 is 1.75 bits per heavy atom. The summed E-state index contributed by atoms with van der Waals surface area (Å²) in [5, 5.41) is 0. The van der Waals surface area contributed by atoms with Crippen molar-refractivity contribution < 1.29 is 19.0 Å². The number of hydrogen-bond donors (Lipinski definition) is 0. The monoisotopic (exact) mass is 290 g/mol. The normalized spacial score (nSPS) is 2.50. The van der Waals surface area contributed by atoms with Gasteiger partial charge in [0.05, 0.1) is 0 Å². The molecule has 0 radical (unpaired) electrons. The quantitative estimate of drug-likeness (QED) is 0.472. The van der Waals surface area contributed by atoms with Gasteiger partial charge in [-0.25, -0.2) is 0 Å². The van der Waals surface area contributed by atoms with Gasteiger partial charge >= 0.3 is 32.6 Å². The van der Waals surface area contributed by atoms with Crippen molar-refractivity contribution in [3.8, 4) is 0 Å². The number of rotatable bonds is 0. The third kappa shape index (κ3) is 9.24. The van der Waals surface area contributed by atoms with Crippen molar-refractivity contribution in [2.24, 2.45) is 0 Å². The second-order valence-corrected chi connectivity index (χ2v) is 2.73. The van der Waals surface area contributed by atoms with Crippen LogP contribution in [-0.4, -0.2) is 0 Å². The molecule has 0 spiro atoms. The van der Waals surface area contributed by atoms with Gasteiger partial charge in [0.15, 0.2) is 0 Å². The maximum atomic E-state index is 10.4. The van der Waals surface area contributed by atoms with E-state index in [1.54, 1.807) is 0 Å². The van der Waals surface area contributed by atoms with Gasteiger partial charge in [-0.2, -0.15) is 0 Å². The molecule has 0 aliphatic carbocycles. The summed E-state index contributed by atoms with van der Waals surface area (Å²) in [4.78, 5) is 0. The van der Waals surface area contributed by atoms with Crippen LogP contribution in [0, 0.1) is 0 Å². The van der Waals surface area contributed by atoms with Crippen molar-refractivity contribution in [1.29, 1.82) is 0 Å². The van der Waals surface area contributed by atoms with Crippen LogP contribution in [-0.2, 0) is 15.7 Å². The van der Waals surface area contributed by atoms with Gasteiger partial charge in [0.2, 0.25) is 0 Å². The van der Waals surface area contributed by atoms with Crippen molar-refractivity contribution in [2.75, 3.05) is 0 Å². The zero-order chi connectivity index (χ0) is 2.71. The first-order valence-corrected chi connectivity index (χ1v) is 8.60. The molecular weight excluding hydrogens is 291 g/mol. The van der Waals surface area contributed by atoms with Crippen LogP contribution in [0.5, 0.6) is 0 Å². The molecule has 0 aromatic heterocycles. The summed E-state index contributed by atoms with van der Waals surface area (Å²) in [6, 6.07) is 0. The van der Waals surface area contributed by atoms with Gasteiger partial charge in [0, 0.05) is 0 Å². The number of halogens is 3. The molecule has 0 saturated heterocycles. The van der Waals surface area contributed by atoms with E-state index in [0.717, 1.165) is 0 Å². The summed E-state index contributed by atoms with van der Waals surface area (Å²) in [6.07, 6.45) is 0. The minimum absolute atomic E-state index is 0. The van der Waals surface area contributed by atoms with Crippen molar-refractivity contribution in [1.82, 2.24) is 0 Å². The molecule has 0 amide bonds. The van der Waals surface area contributed by atoms with Crippen molar-refractivity contribution in [3.63, 3.8) is 0 Å². The molecule has 0 nitrogen and oxygen atoms in total. The van der Waals surface area contributed by atoms with Crippen LogP contribution in [0.15, 0.2) is 0 Å². The molecule has 0 aliphatic rings. The molecule has 4 heteroatoms. The average molecular weight is 292 g/mol. The van der Waals surface area contributed by atoms with Crippen LogP contribution in [0.4, 0.5) is 3.32 Å². The molecule has 0 aromatic rings. The van der Waals surface area contributed by atoms with Crippen LogP contribution < -0.4 is 0 Å². The topological polar surface area (TPSA) is 0 Å². The molecule has 0 aliphatic heterocycles. The van der Waals surface area contributed by atoms with Crippen LogP contribution in [0.3, 0.4) is 0 Å². The van der Waals surface area contributed by atoms with E-state index in [0.29, 0.717) is 0 Å². The Balaban J connectivity index is 0. The molecule has 0 bridgehead atoms. The van der Waals surface area contributed by atoms with E-state index in [2.05, 4.69) is 13.6 Å². The second-order valence-electron chi connectivity index (χ2n) is 0.101. The summed E-state index contributed by atoms with van der Waals surface area (Å²) >= 11 is 1.10. The molecule has 0 saturated carbocycles. The Hall–Kier alpha value is 1.76. The van der Waals surface area contributed by atoms with Crippen LogP contribution >= 0.6 is 37.6 Å². The zero-order valence-corrected chi connectivity index (χ0v) is 8.75. The second kappa shape index (κ2) is 8.83. The predicted octanol–water partition coefficient (Wildman–Crippen LogP) is 1.88. The molecule has 24 valence electrons. The molecular formula is HBrFIZn. The van der Waals surface area contributed by atoms with E-state index in [1.165, 1.54) is 0 Å². The summed E-state index contributed by atoms with van der Waals surface area (Å²) < 4.78 is 10.4. The molecule has 0 rings (SSSR count). The van der Waals surface area contributed by atoms with E-state index in [1.807, 2.05) is 0 Å². The molecule has 0 atom stereocenters. The molecule has 0 heterocycles. The maximum absolute atomic E-state index is 10.4. The van der Waals surface area contributed by atoms with Gasteiger partial charge in [-0.1, -0.05) is 0 Å². The first-order chi connectivity index (χ1) is 1.41. The summed E-state index contributed by atoms with van der Waals surface area (Å²) in [5.74, 6) is 0. The summed E-state index contributed by atoms with van der Waals surface area (Å²) in [5.41, 5.74) is 0. The minimum atomic E-state index is -1.56. The first-order valence-electron chi connectivity index (χ1n) is 0.535. The Morgan fingerprint density at radius 1 is 1.75 bits per heavy atom. The van der Waals surface area contributed by atoms with E-state index >= 15 is 0 Å². The van der Waals surface area contributed by atoms with Crippen LogP contribution in [0.25, 0.3) is 0 Å². The Bertz CT molecular complexity index is 8.00. The van der Waals surface area contributed by atoms with Crippen molar-refractivity contribution in [2.45, 2.75) is 0 Å². The Morgan fingerprint density at radius 3 is 1.75 bits per heavy atom. The fourth-order valence-corrected chi connectivity index (χ4v) is 0. The fourth-order valence-electron chi connectivity index (χ4n) is 0. The SMILES string of the molecule is I.[F][Zn][Br]. The average Bonchev–Trinajstić information content (AvgIpc) is 0.918. The van der Waals surface area contributed by atoms with Gasteiger partial charge in [-0.05, 0) is 0 Å². The third-order valence-electron chi connectivity index (χ3n) is 0. The zero-order valence-electron chi connectivity index (χ0n) is 1.87. The molecule has 4 heavy (non-hydrogen) atoms. The standard InChI is InChI=1S/BrH.FH.HI.Zn/h3*1H;/q;;;+2/p-2. The van der Waals surface area contributed by atoms with Gasteiger partial charge in [-0.3, -0.25) is 0 Å².